The SMILES string of the molecule is Cc1ccc(-c2ccc(-c3c4c(c(-c5ccc(-c6ccc(C(F)(F)F)c(F)c6)s5)c5nsnc35)N=S=N4)s2)cc1F. The van der Waals surface area contributed by atoms with Crippen LogP contribution in [0.2, 0.25) is 0 Å². The first kappa shape index (κ1) is 26.3. The normalized spacial score (nSPS) is 12.7. The largest absolute Gasteiger partial charge is 0.419 e. The Kier molecular flexibility index (Phi) is 6.23. The van der Waals surface area contributed by atoms with E-state index in [0.29, 0.717) is 44.0 Å². The number of hydrogen-bond acceptors (Lipinski definition) is 7. The Morgan fingerprint density at radius 3 is 1.66 bits per heavy atom. The van der Waals surface area contributed by atoms with Crippen LogP contribution in [0.1, 0.15) is 11.1 Å². The van der Waals surface area contributed by atoms with Crippen LogP contribution in [0.25, 0.3) is 52.8 Å². The van der Waals surface area contributed by atoms with Crippen molar-refractivity contribution in [3.05, 3.63) is 83.4 Å². The number of fused-ring (bicyclic) bond motifs is 2. The number of alkyl halides is 3. The zero-order valence-electron chi connectivity index (χ0n) is 20.6. The molecule has 7 rings (SSSR count). The van der Waals surface area contributed by atoms with Crippen LogP contribution < -0.4 is 0 Å². The molecule has 41 heavy (non-hydrogen) atoms. The molecule has 0 unspecified atom stereocenters. The summed E-state index contributed by atoms with van der Waals surface area (Å²) in [5, 5.41) is 0. The lowest BCUT2D eigenvalue weighted by atomic mass is 10.0. The van der Waals surface area contributed by atoms with Crippen LogP contribution in [-0.2, 0) is 17.5 Å². The first-order chi connectivity index (χ1) is 19.7. The summed E-state index contributed by atoms with van der Waals surface area (Å²) >= 11 is 4.89. The Labute approximate surface area is 245 Å². The van der Waals surface area contributed by atoms with Gasteiger partial charge in [0.15, 0.2) is 0 Å². The number of benzene rings is 3. The minimum absolute atomic E-state index is 0.270. The van der Waals surface area contributed by atoms with E-state index < -0.39 is 17.6 Å². The zero-order chi connectivity index (χ0) is 28.5. The van der Waals surface area contributed by atoms with Crippen molar-refractivity contribution in [1.29, 1.82) is 0 Å². The van der Waals surface area contributed by atoms with Crippen LogP contribution in [0.5, 0.6) is 0 Å². The highest BCUT2D eigenvalue weighted by Crippen LogP contribution is 2.54. The maximum Gasteiger partial charge on any atom is 0.419 e. The summed E-state index contributed by atoms with van der Waals surface area (Å²) in [6, 6.07) is 15.5. The average Bonchev–Trinajstić information content (AvgIpc) is 3.75. The van der Waals surface area contributed by atoms with Gasteiger partial charge in [-0.3, -0.25) is 0 Å². The van der Waals surface area contributed by atoms with E-state index in [1.165, 1.54) is 34.8 Å². The van der Waals surface area contributed by atoms with Crippen molar-refractivity contribution < 1.29 is 22.0 Å². The maximum absolute atomic E-state index is 14.3. The van der Waals surface area contributed by atoms with Gasteiger partial charge in [-0.15, -0.1) is 22.7 Å². The predicted octanol–water partition coefficient (Wildman–Crippen LogP) is 10.8. The third-order valence-corrected chi connectivity index (χ3v) is 10.0. The van der Waals surface area contributed by atoms with Gasteiger partial charge in [-0.1, -0.05) is 18.2 Å². The number of halogens is 5. The van der Waals surface area contributed by atoms with Gasteiger partial charge < -0.3 is 0 Å². The molecule has 1 aliphatic heterocycles. The van der Waals surface area contributed by atoms with Crippen molar-refractivity contribution in [2.75, 3.05) is 0 Å². The Balaban J connectivity index is 1.33. The third kappa shape index (κ3) is 4.43. The van der Waals surface area contributed by atoms with Crippen molar-refractivity contribution in [1.82, 2.24) is 8.75 Å². The van der Waals surface area contributed by atoms with Crippen molar-refractivity contribution in [2.45, 2.75) is 13.1 Å². The molecule has 6 aromatic rings. The molecule has 0 saturated carbocycles. The molecule has 0 N–H and O–H groups in total. The molecule has 0 spiro atoms. The van der Waals surface area contributed by atoms with E-state index in [4.69, 9.17) is 0 Å². The highest BCUT2D eigenvalue weighted by atomic mass is 32.1. The second-order valence-corrected chi connectivity index (χ2v) is 12.4. The summed E-state index contributed by atoms with van der Waals surface area (Å²) in [6.07, 6.45) is -4.77. The molecule has 4 nitrogen and oxygen atoms in total. The van der Waals surface area contributed by atoms with Gasteiger partial charge in [-0.25, -0.2) is 8.78 Å². The Bertz CT molecular complexity index is 2080. The van der Waals surface area contributed by atoms with Gasteiger partial charge >= 0.3 is 6.18 Å². The Morgan fingerprint density at radius 1 is 0.634 bits per heavy atom. The second-order valence-electron chi connectivity index (χ2n) is 9.16. The molecule has 0 amide bonds. The first-order valence-electron chi connectivity index (χ1n) is 11.9. The molecule has 0 aliphatic carbocycles. The Morgan fingerprint density at radius 2 is 1.15 bits per heavy atom. The molecule has 0 atom stereocenters. The summed E-state index contributed by atoms with van der Waals surface area (Å²) in [5.74, 6) is -1.59. The molecular weight excluding hydrogens is 616 g/mol. The van der Waals surface area contributed by atoms with Crippen LogP contribution in [-0.4, -0.2) is 8.75 Å². The fraction of sp³-hybridized carbons (Fsp3) is 0.0714. The highest BCUT2D eigenvalue weighted by Gasteiger charge is 2.34. The van der Waals surface area contributed by atoms with Gasteiger partial charge in [-0.05, 0) is 66.1 Å². The van der Waals surface area contributed by atoms with Crippen molar-refractivity contribution >= 4 is 68.2 Å². The van der Waals surface area contributed by atoms with Crippen LogP contribution in [0.4, 0.5) is 33.3 Å². The molecule has 3 aromatic carbocycles. The van der Waals surface area contributed by atoms with Crippen molar-refractivity contribution in [3.63, 3.8) is 0 Å². The summed E-state index contributed by atoms with van der Waals surface area (Å²) < 4.78 is 86.0. The number of rotatable bonds is 4. The zero-order valence-corrected chi connectivity index (χ0v) is 23.9. The van der Waals surface area contributed by atoms with Gasteiger partial charge in [0.25, 0.3) is 0 Å². The summed E-state index contributed by atoms with van der Waals surface area (Å²) in [4.78, 5) is 3.12. The van der Waals surface area contributed by atoms with E-state index in [1.54, 1.807) is 19.1 Å². The molecular formula is C28H13F5N4S4. The molecule has 0 radical (unpaired) electrons. The summed E-state index contributed by atoms with van der Waals surface area (Å²) in [6.45, 7) is 1.72. The number of nitrogens with zero attached hydrogens (tertiary/aromatic N) is 4. The standard InChI is InChI=1S/C28H13F5N4S4/c1-12-2-3-13(10-16(12)29)18-6-8-20(38-18)22-24-26(36-40-34-24)23(27-25(22)35-41-37-27)21-9-7-19(39-21)14-4-5-15(17(30)11-14)28(31,32)33/h2-11H,1H3. The van der Waals surface area contributed by atoms with E-state index >= 15 is 0 Å². The average molecular weight is 629 g/mol. The van der Waals surface area contributed by atoms with Gasteiger partial charge in [0, 0.05) is 30.6 Å². The summed E-state index contributed by atoms with van der Waals surface area (Å²) in [5.41, 5.74) is 4.40. The van der Waals surface area contributed by atoms with Gasteiger partial charge in [0.1, 0.15) is 34.0 Å². The van der Waals surface area contributed by atoms with E-state index in [0.717, 1.165) is 61.0 Å². The first-order valence-corrected chi connectivity index (χ1v) is 15.0. The fourth-order valence-corrected chi connectivity index (χ4v) is 7.84. The lowest BCUT2D eigenvalue weighted by molar-refractivity contribution is -0.139. The molecule has 0 bridgehead atoms. The van der Waals surface area contributed by atoms with Crippen LogP contribution >= 0.6 is 34.4 Å². The quantitative estimate of drug-likeness (QED) is 0.182. The lowest BCUT2D eigenvalue weighted by Crippen LogP contribution is -2.07. The van der Waals surface area contributed by atoms with Crippen molar-refractivity contribution in [2.24, 2.45) is 8.73 Å². The predicted molar refractivity (Wildman–Crippen MR) is 156 cm³/mol. The second kappa shape index (κ2) is 9.72. The summed E-state index contributed by atoms with van der Waals surface area (Å²) in [7, 11) is 0. The van der Waals surface area contributed by atoms with Gasteiger partial charge in [-0.2, -0.15) is 30.6 Å². The molecule has 3 aromatic heterocycles. The topological polar surface area (TPSA) is 50.5 Å². The van der Waals surface area contributed by atoms with Crippen molar-refractivity contribution in [3.8, 4) is 41.8 Å². The Hall–Kier alpha value is -3.65. The van der Waals surface area contributed by atoms with Gasteiger partial charge in [0.2, 0.25) is 0 Å². The van der Waals surface area contributed by atoms with E-state index in [-0.39, 0.29) is 5.82 Å². The minimum Gasteiger partial charge on any atom is -0.207 e. The van der Waals surface area contributed by atoms with E-state index in [2.05, 4.69) is 17.5 Å². The van der Waals surface area contributed by atoms with E-state index in [9.17, 15) is 22.0 Å². The number of aryl methyl sites for hydroxylation is 1. The lowest BCUT2D eigenvalue weighted by Gasteiger charge is -2.10. The molecule has 204 valence electrons. The molecule has 0 fully saturated rings. The smallest absolute Gasteiger partial charge is 0.207 e. The van der Waals surface area contributed by atoms with E-state index in [1.807, 2.05) is 24.3 Å². The van der Waals surface area contributed by atoms with Crippen LogP contribution in [0.15, 0.2) is 69.4 Å². The minimum atomic E-state index is -4.77. The molecule has 0 saturated heterocycles. The number of hydrogen-bond donors (Lipinski definition) is 0. The number of thiophene rings is 2. The molecule has 1 aliphatic rings. The monoisotopic (exact) mass is 628 g/mol. The van der Waals surface area contributed by atoms with Crippen LogP contribution in [0, 0.1) is 18.6 Å². The number of aromatic nitrogens is 2. The third-order valence-electron chi connectivity index (χ3n) is 6.64. The molecule has 4 heterocycles. The fourth-order valence-electron chi connectivity index (χ4n) is 4.62. The maximum atomic E-state index is 14.3. The van der Waals surface area contributed by atoms with Crippen LogP contribution in [0.3, 0.4) is 0 Å². The molecule has 13 heteroatoms. The highest BCUT2D eigenvalue weighted by molar-refractivity contribution is 7.58. The van der Waals surface area contributed by atoms with Gasteiger partial charge in [0.05, 0.1) is 28.6 Å².